The third-order valence-electron chi connectivity index (χ3n) is 3.15. The van der Waals surface area contributed by atoms with Crippen molar-refractivity contribution in [2.75, 3.05) is 12.8 Å². The van der Waals surface area contributed by atoms with E-state index in [1.54, 1.807) is 43.8 Å². The Bertz CT molecular complexity index is 823. The highest BCUT2D eigenvalue weighted by Crippen LogP contribution is 2.18. The molecule has 0 unspecified atom stereocenters. The van der Waals surface area contributed by atoms with E-state index in [2.05, 4.69) is 4.98 Å². The standard InChI is InChI=1S/C15H13N3O2/c1-20-11-6-4-10(5-7-11)18-9-13(16)14-12(15(18)19)3-2-8-17-14/h2-9H,16H2,1H3. The van der Waals surface area contributed by atoms with Crippen LogP contribution in [0.2, 0.25) is 0 Å². The minimum atomic E-state index is -0.146. The second-order valence-electron chi connectivity index (χ2n) is 4.36. The maximum absolute atomic E-state index is 12.5. The molecule has 0 atom stereocenters. The van der Waals surface area contributed by atoms with Crippen LogP contribution in [0, 0.1) is 0 Å². The van der Waals surface area contributed by atoms with E-state index in [1.165, 1.54) is 4.57 Å². The van der Waals surface area contributed by atoms with Crippen molar-refractivity contribution in [2.45, 2.75) is 0 Å². The number of benzene rings is 1. The predicted molar refractivity (Wildman–Crippen MR) is 78.3 cm³/mol. The van der Waals surface area contributed by atoms with Crippen LogP contribution in [0.5, 0.6) is 5.75 Å². The summed E-state index contributed by atoms with van der Waals surface area (Å²) in [7, 11) is 1.60. The third kappa shape index (κ3) is 1.89. The first kappa shape index (κ1) is 12.2. The Morgan fingerprint density at radius 1 is 1.20 bits per heavy atom. The fraction of sp³-hybridized carbons (Fsp3) is 0.0667. The van der Waals surface area contributed by atoms with E-state index in [-0.39, 0.29) is 5.56 Å². The molecular weight excluding hydrogens is 254 g/mol. The van der Waals surface area contributed by atoms with Crippen LogP contribution >= 0.6 is 0 Å². The number of methoxy groups -OCH3 is 1. The molecular formula is C15H13N3O2. The molecule has 3 aromatic rings. The Morgan fingerprint density at radius 3 is 2.65 bits per heavy atom. The van der Waals surface area contributed by atoms with Gasteiger partial charge in [0, 0.05) is 18.1 Å². The van der Waals surface area contributed by atoms with E-state index in [4.69, 9.17) is 10.5 Å². The van der Waals surface area contributed by atoms with E-state index in [1.807, 2.05) is 12.1 Å². The number of pyridine rings is 2. The summed E-state index contributed by atoms with van der Waals surface area (Å²) >= 11 is 0. The van der Waals surface area contributed by atoms with Crippen LogP contribution in [0.15, 0.2) is 53.6 Å². The molecule has 20 heavy (non-hydrogen) atoms. The molecule has 0 saturated carbocycles. The van der Waals surface area contributed by atoms with Crippen molar-refractivity contribution in [2.24, 2.45) is 0 Å². The number of hydrogen-bond donors (Lipinski definition) is 1. The topological polar surface area (TPSA) is 70.1 Å². The van der Waals surface area contributed by atoms with Gasteiger partial charge in [-0.1, -0.05) is 0 Å². The molecule has 0 fully saturated rings. The summed E-state index contributed by atoms with van der Waals surface area (Å²) in [5.74, 6) is 0.734. The van der Waals surface area contributed by atoms with E-state index in [9.17, 15) is 4.79 Å². The lowest BCUT2D eigenvalue weighted by atomic mass is 10.2. The zero-order valence-corrected chi connectivity index (χ0v) is 10.9. The Hall–Kier alpha value is -2.82. The number of nitrogen functional groups attached to an aromatic ring is 1. The molecule has 2 N–H and O–H groups in total. The maximum atomic E-state index is 12.5. The van der Waals surface area contributed by atoms with E-state index >= 15 is 0 Å². The van der Waals surface area contributed by atoms with Gasteiger partial charge in [0.15, 0.2) is 0 Å². The lowest BCUT2D eigenvalue weighted by Gasteiger charge is -2.09. The van der Waals surface area contributed by atoms with Crippen LogP contribution in [-0.4, -0.2) is 16.7 Å². The van der Waals surface area contributed by atoms with Gasteiger partial charge in [-0.25, -0.2) is 0 Å². The fourth-order valence-corrected chi connectivity index (χ4v) is 2.13. The summed E-state index contributed by atoms with van der Waals surface area (Å²) < 4.78 is 6.62. The molecule has 0 aliphatic heterocycles. The summed E-state index contributed by atoms with van der Waals surface area (Å²) in [6, 6.07) is 10.7. The number of rotatable bonds is 2. The maximum Gasteiger partial charge on any atom is 0.264 e. The molecule has 5 nitrogen and oxygen atoms in total. The minimum Gasteiger partial charge on any atom is -0.497 e. The van der Waals surface area contributed by atoms with Gasteiger partial charge in [0.2, 0.25) is 0 Å². The van der Waals surface area contributed by atoms with E-state index in [0.717, 1.165) is 11.4 Å². The first-order chi connectivity index (χ1) is 9.70. The highest BCUT2D eigenvalue weighted by Gasteiger charge is 2.08. The normalized spacial score (nSPS) is 10.7. The second-order valence-corrected chi connectivity index (χ2v) is 4.36. The van der Waals surface area contributed by atoms with Crippen molar-refractivity contribution in [1.82, 2.24) is 9.55 Å². The van der Waals surface area contributed by atoms with Crippen molar-refractivity contribution in [3.8, 4) is 11.4 Å². The first-order valence-corrected chi connectivity index (χ1v) is 6.11. The molecule has 0 aliphatic rings. The van der Waals surface area contributed by atoms with E-state index < -0.39 is 0 Å². The summed E-state index contributed by atoms with van der Waals surface area (Å²) in [6.45, 7) is 0. The lowest BCUT2D eigenvalue weighted by molar-refractivity contribution is 0.414. The molecule has 2 heterocycles. The van der Waals surface area contributed by atoms with Gasteiger partial charge in [-0.05, 0) is 36.4 Å². The van der Waals surface area contributed by atoms with Gasteiger partial charge in [-0.15, -0.1) is 0 Å². The highest BCUT2D eigenvalue weighted by atomic mass is 16.5. The summed E-state index contributed by atoms with van der Waals surface area (Å²) in [5, 5.41) is 0.503. The molecule has 0 amide bonds. The van der Waals surface area contributed by atoms with Crippen LogP contribution < -0.4 is 16.0 Å². The van der Waals surface area contributed by atoms with Gasteiger partial charge in [0.1, 0.15) is 11.3 Å². The average Bonchev–Trinajstić information content (AvgIpc) is 2.51. The van der Waals surface area contributed by atoms with Crippen LogP contribution in [-0.2, 0) is 0 Å². The molecule has 5 heteroatoms. The number of anilines is 1. The van der Waals surface area contributed by atoms with Crippen molar-refractivity contribution >= 4 is 16.6 Å². The summed E-state index contributed by atoms with van der Waals surface area (Å²) in [6.07, 6.45) is 3.22. The van der Waals surface area contributed by atoms with Crippen LogP contribution in [0.3, 0.4) is 0 Å². The Labute approximate surface area is 115 Å². The number of ether oxygens (including phenoxy) is 1. The van der Waals surface area contributed by atoms with Gasteiger partial charge >= 0.3 is 0 Å². The Balaban J connectivity index is 2.25. The number of fused-ring (bicyclic) bond motifs is 1. The third-order valence-corrected chi connectivity index (χ3v) is 3.15. The number of nitrogens with zero attached hydrogens (tertiary/aromatic N) is 2. The molecule has 2 aromatic heterocycles. The SMILES string of the molecule is COc1ccc(-n2cc(N)c3ncccc3c2=O)cc1. The highest BCUT2D eigenvalue weighted by molar-refractivity contribution is 5.88. The van der Waals surface area contributed by atoms with Crippen molar-refractivity contribution < 1.29 is 4.74 Å². The van der Waals surface area contributed by atoms with Gasteiger partial charge < -0.3 is 10.5 Å². The number of aromatic nitrogens is 2. The molecule has 0 bridgehead atoms. The molecule has 0 saturated heterocycles. The smallest absolute Gasteiger partial charge is 0.264 e. The zero-order chi connectivity index (χ0) is 14.1. The first-order valence-electron chi connectivity index (χ1n) is 6.11. The molecule has 0 radical (unpaired) electrons. The molecule has 0 aliphatic carbocycles. The van der Waals surface area contributed by atoms with Gasteiger partial charge in [0.25, 0.3) is 5.56 Å². The minimum absolute atomic E-state index is 0.146. The zero-order valence-electron chi connectivity index (χ0n) is 10.9. The quantitative estimate of drug-likeness (QED) is 0.770. The van der Waals surface area contributed by atoms with Gasteiger partial charge in [0.05, 0.1) is 18.2 Å². The van der Waals surface area contributed by atoms with Crippen molar-refractivity contribution in [3.05, 3.63) is 59.1 Å². The second kappa shape index (κ2) is 4.70. The van der Waals surface area contributed by atoms with Gasteiger partial charge in [-0.3, -0.25) is 14.3 Å². The number of nitrogens with two attached hydrogens (primary N) is 1. The molecule has 1 aromatic carbocycles. The average molecular weight is 267 g/mol. The predicted octanol–water partition coefficient (Wildman–Crippen LogP) is 1.98. The Morgan fingerprint density at radius 2 is 1.95 bits per heavy atom. The summed E-state index contributed by atoms with van der Waals surface area (Å²) in [5.41, 5.74) is 7.55. The lowest BCUT2D eigenvalue weighted by Crippen LogP contribution is -2.19. The van der Waals surface area contributed by atoms with Gasteiger partial charge in [-0.2, -0.15) is 0 Å². The van der Waals surface area contributed by atoms with Crippen molar-refractivity contribution in [1.29, 1.82) is 0 Å². The summed E-state index contributed by atoms with van der Waals surface area (Å²) in [4.78, 5) is 16.6. The van der Waals surface area contributed by atoms with Crippen LogP contribution in [0.1, 0.15) is 0 Å². The molecule has 3 rings (SSSR count). The molecule has 0 spiro atoms. The molecule has 100 valence electrons. The Kier molecular flexibility index (Phi) is 2.87. The van der Waals surface area contributed by atoms with Crippen molar-refractivity contribution in [3.63, 3.8) is 0 Å². The van der Waals surface area contributed by atoms with Crippen LogP contribution in [0.4, 0.5) is 5.69 Å². The number of hydrogen-bond acceptors (Lipinski definition) is 4. The fourth-order valence-electron chi connectivity index (χ4n) is 2.13. The monoisotopic (exact) mass is 267 g/mol. The largest absolute Gasteiger partial charge is 0.497 e. The van der Waals surface area contributed by atoms with E-state index in [0.29, 0.717) is 16.6 Å². The van der Waals surface area contributed by atoms with Crippen LogP contribution in [0.25, 0.3) is 16.6 Å².